The van der Waals surface area contributed by atoms with E-state index in [-0.39, 0.29) is 0 Å². The van der Waals surface area contributed by atoms with E-state index in [1.807, 2.05) is 0 Å². The molecule has 2 atom stereocenters. The topological polar surface area (TPSA) is 29.3 Å². The third-order valence-electron chi connectivity index (χ3n) is 3.37. The lowest BCUT2D eigenvalue weighted by Crippen LogP contribution is -2.51. The molecular weight excluding hydrogens is 180 g/mol. The fraction of sp³-hybridized carbons (Fsp3) is 1.00. The lowest BCUT2D eigenvalue weighted by molar-refractivity contribution is 0.129. The molecule has 0 bridgehead atoms. The average Bonchev–Trinajstić information content (AvgIpc) is 2.01. The summed E-state index contributed by atoms with van der Waals surface area (Å²) in [4.78, 5) is 2.66. The number of rotatable bonds is 2. The lowest BCUT2D eigenvalue weighted by Gasteiger charge is -2.42. The van der Waals surface area contributed by atoms with Crippen LogP contribution < -0.4 is 5.73 Å². The van der Waals surface area contributed by atoms with Crippen molar-refractivity contribution in [2.45, 2.75) is 31.8 Å². The fourth-order valence-electron chi connectivity index (χ4n) is 2.24. The van der Waals surface area contributed by atoms with Crippen molar-refractivity contribution in [3.05, 3.63) is 0 Å². The lowest BCUT2D eigenvalue weighted by atomic mass is 9.91. The quantitative estimate of drug-likeness (QED) is 0.725. The van der Waals surface area contributed by atoms with E-state index >= 15 is 0 Å². The highest BCUT2D eigenvalue weighted by molar-refractivity contribution is 8.00. The summed E-state index contributed by atoms with van der Waals surface area (Å²) in [5, 5.41) is 0. The number of piperidine rings is 1. The van der Waals surface area contributed by atoms with E-state index < -0.39 is 0 Å². The predicted molar refractivity (Wildman–Crippen MR) is 59.1 cm³/mol. The van der Waals surface area contributed by atoms with Crippen molar-refractivity contribution >= 4 is 11.8 Å². The highest BCUT2D eigenvalue weighted by Crippen LogP contribution is 2.28. The van der Waals surface area contributed by atoms with Gasteiger partial charge in [0.25, 0.3) is 0 Å². The molecule has 0 spiro atoms. The number of nitrogens with zero attached hydrogens (tertiary/aromatic N) is 1. The van der Waals surface area contributed by atoms with Gasteiger partial charge in [-0.3, -0.25) is 4.90 Å². The number of hydrogen-bond donors (Lipinski definition) is 1. The van der Waals surface area contributed by atoms with Crippen LogP contribution in [0.2, 0.25) is 0 Å². The zero-order valence-corrected chi connectivity index (χ0v) is 9.22. The van der Waals surface area contributed by atoms with Crippen LogP contribution in [0.4, 0.5) is 0 Å². The second-order valence-electron chi connectivity index (χ2n) is 4.45. The van der Waals surface area contributed by atoms with E-state index in [0.29, 0.717) is 6.04 Å². The van der Waals surface area contributed by atoms with E-state index in [1.54, 1.807) is 0 Å². The van der Waals surface area contributed by atoms with E-state index in [2.05, 4.69) is 23.6 Å². The normalized spacial score (nSPS) is 34.2. The summed E-state index contributed by atoms with van der Waals surface area (Å²) in [5.74, 6) is 3.46. The standard InChI is InChI=1S/C10H20N2S/c1-8(11)9-3-2-4-12(5-9)10-6-13-7-10/h8-10H,2-7,11H2,1H3. The molecule has 76 valence electrons. The Balaban J connectivity index is 1.84. The summed E-state index contributed by atoms with van der Waals surface area (Å²) >= 11 is 2.08. The minimum Gasteiger partial charge on any atom is -0.328 e. The molecule has 3 heteroatoms. The molecule has 2 rings (SSSR count). The maximum absolute atomic E-state index is 5.96. The molecule has 0 aromatic heterocycles. The van der Waals surface area contributed by atoms with Crippen LogP contribution in [-0.4, -0.2) is 41.6 Å². The van der Waals surface area contributed by atoms with Gasteiger partial charge in [0.1, 0.15) is 0 Å². The number of thioether (sulfide) groups is 1. The molecule has 2 heterocycles. The Bertz CT molecular complexity index is 168. The Morgan fingerprint density at radius 2 is 2.23 bits per heavy atom. The zero-order chi connectivity index (χ0) is 9.26. The minimum atomic E-state index is 0.385. The van der Waals surface area contributed by atoms with Gasteiger partial charge in [0.15, 0.2) is 0 Å². The van der Waals surface area contributed by atoms with Gasteiger partial charge in [0.2, 0.25) is 0 Å². The first-order valence-electron chi connectivity index (χ1n) is 5.35. The van der Waals surface area contributed by atoms with Crippen molar-refractivity contribution in [3.63, 3.8) is 0 Å². The highest BCUT2D eigenvalue weighted by atomic mass is 32.2. The van der Waals surface area contributed by atoms with Crippen LogP contribution in [0.1, 0.15) is 19.8 Å². The predicted octanol–water partition coefficient (Wildman–Crippen LogP) is 1.16. The molecule has 0 saturated carbocycles. The molecular formula is C10H20N2S. The van der Waals surface area contributed by atoms with Gasteiger partial charge < -0.3 is 5.73 Å². The molecule has 2 nitrogen and oxygen atoms in total. The van der Waals surface area contributed by atoms with Crippen LogP contribution in [0.3, 0.4) is 0 Å². The molecule has 0 aromatic rings. The Labute approximate surface area is 85.2 Å². The van der Waals surface area contributed by atoms with E-state index in [1.165, 1.54) is 37.4 Å². The molecule has 2 fully saturated rings. The van der Waals surface area contributed by atoms with Gasteiger partial charge in [0.05, 0.1) is 0 Å². The van der Waals surface area contributed by atoms with Gasteiger partial charge in [-0.15, -0.1) is 0 Å². The maximum atomic E-state index is 5.96. The summed E-state index contributed by atoms with van der Waals surface area (Å²) in [5.41, 5.74) is 5.96. The summed E-state index contributed by atoms with van der Waals surface area (Å²) < 4.78 is 0. The molecule has 2 saturated heterocycles. The van der Waals surface area contributed by atoms with Gasteiger partial charge in [-0.25, -0.2) is 0 Å². The maximum Gasteiger partial charge on any atom is 0.0277 e. The van der Waals surface area contributed by atoms with Crippen LogP contribution in [0.5, 0.6) is 0 Å². The SMILES string of the molecule is CC(N)C1CCCN(C2CSC2)C1. The molecule has 13 heavy (non-hydrogen) atoms. The van der Waals surface area contributed by atoms with Crippen molar-refractivity contribution < 1.29 is 0 Å². The van der Waals surface area contributed by atoms with Crippen LogP contribution in [0.15, 0.2) is 0 Å². The molecule has 0 aliphatic carbocycles. The van der Waals surface area contributed by atoms with Crippen molar-refractivity contribution in [2.24, 2.45) is 11.7 Å². The summed E-state index contributed by atoms with van der Waals surface area (Å²) in [7, 11) is 0. The first-order chi connectivity index (χ1) is 6.27. The molecule has 2 N–H and O–H groups in total. The number of nitrogens with two attached hydrogens (primary N) is 1. The van der Waals surface area contributed by atoms with E-state index in [4.69, 9.17) is 5.73 Å². The monoisotopic (exact) mass is 200 g/mol. The van der Waals surface area contributed by atoms with Gasteiger partial charge in [-0.05, 0) is 32.2 Å². The minimum absolute atomic E-state index is 0.385. The fourth-order valence-corrected chi connectivity index (χ4v) is 3.10. The first-order valence-corrected chi connectivity index (χ1v) is 6.50. The molecule has 0 amide bonds. The van der Waals surface area contributed by atoms with Crippen molar-refractivity contribution in [2.75, 3.05) is 24.6 Å². The van der Waals surface area contributed by atoms with Gasteiger partial charge in [0, 0.05) is 30.1 Å². The van der Waals surface area contributed by atoms with Crippen molar-refractivity contribution in [1.82, 2.24) is 4.90 Å². The van der Waals surface area contributed by atoms with Crippen LogP contribution in [0, 0.1) is 5.92 Å². The molecule has 2 aliphatic heterocycles. The van der Waals surface area contributed by atoms with E-state index in [9.17, 15) is 0 Å². The van der Waals surface area contributed by atoms with Crippen molar-refractivity contribution in [1.29, 1.82) is 0 Å². The largest absolute Gasteiger partial charge is 0.328 e. The van der Waals surface area contributed by atoms with Crippen LogP contribution >= 0.6 is 11.8 Å². The Hall–Kier alpha value is 0.270. The van der Waals surface area contributed by atoms with Crippen LogP contribution in [-0.2, 0) is 0 Å². The summed E-state index contributed by atoms with van der Waals surface area (Å²) in [6, 6.07) is 1.27. The number of likely N-dealkylation sites (tertiary alicyclic amines) is 1. The third kappa shape index (κ3) is 2.20. The molecule has 0 aromatic carbocycles. The Kier molecular flexibility index (Phi) is 3.17. The summed E-state index contributed by atoms with van der Waals surface area (Å²) in [6.07, 6.45) is 2.70. The Morgan fingerprint density at radius 3 is 2.77 bits per heavy atom. The first kappa shape index (κ1) is 9.81. The average molecular weight is 200 g/mol. The second-order valence-corrected chi connectivity index (χ2v) is 5.52. The van der Waals surface area contributed by atoms with Gasteiger partial charge in [-0.1, -0.05) is 0 Å². The second kappa shape index (κ2) is 4.20. The number of hydrogen-bond acceptors (Lipinski definition) is 3. The summed E-state index contributed by atoms with van der Waals surface area (Å²) in [6.45, 7) is 4.72. The Morgan fingerprint density at radius 1 is 1.46 bits per heavy atom. The molecule has 2 unspecified atom stereocenters. The molecule has 2 aliphatic rings. The van der Waals surface area contributed by atoms with Gasteiger partial charge >= 0.3 is 0 Å². The smallest absolute Gasteiger partial charge is 0.0277 e. The highest BCUT2D eigenvalue weighted by Gasteiger charge is 2.30. The van der Waals surface area contributed by atoms with E-state index in [0.717, 1.165) is 12.0 Å². The van der Waals surface area contributed by atoms with Crippen LogP contribution in [0.25, 0.3) is 0 Å². The third-order valence-corrected chi connectivity index (χ3v) is 4.61. The van der Waals surface area contributed by atoms with Crippen molar-refractivity contribution in [3.8, 4) is 0 Å². The zero-order valence-electron chi connectivity index (χ0n) is 8.41. The molecule has 0 radical (unpaired) electrons. The van der Waals surface area contributed by atoms with Gasteiger partial charge in [-0.2, -0.15) is 11.8 Å².